The highest BCUT2D eigenvalue weighted by Crippen LogP contribution is 2.43. The summed E-state index contributed by atoms with van der Waals surface area (Å²) in [7, 11) is 2.02. The normalized spacial score (nSPS) is 19.2. The van der Waals surface area contributed by atoms with Gasteiger partial charge in [-0.05, 0) is 42.2 Å². The molecule has 6 rings (SSSR count). The first-order valence-corrected chi connectivity index (χ1v) is 11.5. The molecular weight excluding hydrogens is 424 g/mol. The fourth-order valence-corrected chi connectivity index (χ4v) is 4.56. The van der Waals surface area contributed by atoms with Crippen LogP contribution in [0.1, 0.15) is 41.1 Å². The Morgan fingerprint density at radius 2 is 1.79 bits per heavy atom. The SMILES string of the molecule is CN1C=NC(c2ccc(N=C(c3ccc(C4(N)CC4)cc3)c3c(O)oc4ccccc34)cc2)C1. The van der Waals surface area contributed by atoms with Crippen molar-refractivity contribution in [3.05, 3.63) is 95.1 Å². The number of furan rings is 1. The minimum atomic E-state index is -0.201. The number of rotatable bonds is 5. The number of likely N-dealkylation sites (N-methyl/N-ethyl adjacent to an activating group) is 1. The first-order chi connectivity index (χ1) is 16.5. The second kappa shape index (κ2) is 7.85. The number of nitrogens with zero attached hydrogens (tertiary/aromatic N) is 3. The third kappa shape index (κ3) is 3.66. The van der Waals surface area contributed by atoms with Gasteiger partial charge in [-0.2, -0.15) is 0 Å². The average molecular weight is 451 g/mol. The molecule has 3 N–H and O–H groups in total. The monoisotopic (exact) mass is 450 g/mol. The second-order valence-electron chi connectivity index (χ2n) is 9.28. The van der Waals surface area contributed by atoms with Crippen molar-refractivity contribution in [3.8, 4) is 5.95 Å². The zero-order valence-corrected chi connectivity index (χ0v) is 19.0. The molecule has 2 heterocycles. The van der Waals surface area contributed by atoms with Gasteiger partial charge in [-0.25, -0.2) is 4.99 Å². The highest BCUT2D eigenvalue weighted by atomic mass is 16.5. The van der Waals surface area contributed by atoms with Crippen LogP contribution in [0.15, 0.2) is 87.2 Å². The lowest BCUT2D eigenvalue weighted by atomic mass is 9.97. The van der Waals surface area contributed by atoms with Gasteiger partial charge in [0.1, 0.15) is 5.58 Å². The lowest BCUT2D eigenvalue weighted by molar-refractivity contribution is 0.345. The number of para-hydroxylation sites is 1. The van der Waals surface area contributed by atoms with Crippen molar-refractivity contribution in [2.45, 2.75) is 24.4 Å². The number of hydrogen-bond donors (Lipinski definition) is 2. The molecule has 1 atom stereocenters. The van der Waals surface area contributed by atoms with E-state index in [1.807, 2.05) is 61.9 Å². The third-order valence-electron chi connectivity index (χ3n) is 6.76. The zero-order valence-electron chi connectivity index (χ0n) is 19.0. The maximum atomic E-state index is 10.8. The van der Waals surface area contributed by atoms with Crippen LogP contribution in [-0.2, 0) is 5.54 Å². The van der Waals surface area contributed by atoms with Gasteiger partial charge < -0.3 is 20.2 Å². The molecule has 3 aromatic carbocycles. The highest BCUT2D eigenvalue weighted by Gasteiger charge is 2.39. The van der Waals surface area contributed by atoms with Crippen LogP contribution in [-0.4, -0.2) is 35.6 Å². The smallest absolute Gasteiger partial charge is 0.292 e. The van der Waals surface area contributed by atoms with E-state index in [1.54, 1.807) is 0 Å². The summed E-state index contributed by atoms with van der Waals surface area (Å²) in [6.07, 6.45) is 3.89. The molecule has 1 aromatic heterocycles. The van der Waals surface area contributed by atoms with Crippen molar-refractivity contribution < 1.29 is 9.52 Å². The van der Waals surface area contributed by atoms with Crippen molar-refractivity contribution in [1.29, 1.82) is 0 Å². The Morgan fingerprint density at radius 3 is 2.47 bits per heavy atom. The molecule has 0 spiro atoms. The van der Waals surface area contributed by atoms with Crippen molar-refractivity contribution >= 4 is 28.7 Å². The standard InChI is InChI=1S/C28H26N4O2/c1-32-16-23(30-17-32)18-8-12-21(13-9-18)31-26(19-6-10-20(11-7-19)28(29)14-15-28)25-22-4-2-3-5-24(22)34-27(25)33/h2-13,17,23,33H,14-16,29H2,1H3. The van der Waals surface area contributed by atoms with Crippen LogP contribution in [0.2, 0.25) is 0 Å². The van der Waals surface area contributed by atoms with Gasteiger partial charge in [0.25, 0.3) is 5.95 Å². The molecule has 2 aliphatic rings. The van der Waals surface area contributed by atoms with E-state index in [0.717, 1.165) is 47.2 Å². The van der Waals surface area contributed by atoms with Crippen LogP contribution < -0.4 is 5.73 Å². The molecule has 1 fully saturated rings. The minimum absolute atomic E-state index is 0.138. The summed E-state index contributed by atoms with van der Waals surface area (Å²) in [5, 5.41) is 11.6. The van der Waals surface area contributed by atoms with Crippen LogP contribution in [0.3, 0.4) is 0 Å². The fraction of sp³-hybridized carbons (Fsp3) is 0.214. The Kier molecular flexibility index (Phi) is 4.78. The van der Waals surface area contributed by atoms with Crippen LogP contribution in [0.4, 0.5) is 5.69 Å². The van der Waals surface area contributed by atoms with E-state index >= 15 is 0 Å². The molecule has 0 radical (unpaired) electrons. The molecular formula is C28H26N4O2. The molecule has 4 aromatic rings. The molecule has 0 bridgehead atoms. The average Bonchev–Trinajstić information content (AvgIpc) is 3.31. The number of aliphatic imine (C=N–C) groups is 2. The van der Waals surface area contributed by atoms with E-state index in [9.17, 15) is 5.11 Å². The largest absolute Gasteiger partial charge is 0.480 e. The topological polar surface area (TPSA) is 87.4 Å². The third-order valence-corrected chi connectivity index (χ3v) is 6.76. The summed E-state index contributed by atoms with van der Waals surface area (Å²) < 4.78 is 5.66. The van der Waals surface area contributed by atoms with Crippen molar-refractivity contribution in [2.75, 3.05) is 13.6 Å². The molecule has 0 amide bonds. The van der Waals surface area contributed by atoms with Crippen molar-refractivity contribution in [2.24, 2.45) is 15.7 Å². The Bertz CT molecular complexity index is 1410. The van der Waals surface area contributed by atoms with Crippen LogP contribution in [0.25, 0.3) is 11.0 Å². The Balaban J connectivity index is 1.44. The fourth-order valence-electron chi connectivity index (χ4n) is 4.56. The van der Waals surface area contributed by atoms with Crippen molar-refractivity contribution in [3.63, 3.8) is 0 Å². The summed E-state index contributed by atoms with van der Waals surface area (Å²) in [6.45, 7) is 0.873. The zero-order chi connectivity index (χ0) is 23.3. The van der Waals surface area contributed by atoms with Gasteiger partial charge >= 0.3 is 0 Å². The summed E-state index contributed by atoms with van der Waals surface area (Å²) >= 11 is 0. The molecule has 1 unspecified atom stereocenters. The molecule has 170 valence electrons. The molecule has 34 heavy (non-hydrogen) atoms. The lowest BCUT2D eigenvalue weighted by Gasteiger charge is -2.12. The highest BCUT2D eigenvalue weighted by molar-refractivity contribution is 6.21. The number of aromatic hydroxyl groups is 1. The summed E-state index contributed by atoms with van der Waals surface area (Å²) in [4.78, 5) is 11.6. The quantitative estimate of drug-likeness (QED) is 0.406. The molecule has 1 aliphatic heterocycles. The Hall–Kier alpha value is -3.90. The van der Waals surface area contributed by atoms with Gasteiger partial charge in [-0.15, -0.1) is 0 Å². The van der Waals surface area contributed by atoms with E-state index < -0.39 is 0 Å². The van der Waals surface area contributed by atoms with Gasteiger partial charge in [0, 0.05) is 30.1 Å². The molecule has 6 nitrogen and oxygen atoms in total. The maximum Gasteiger partial charge on any atom is 0.292 e. The molecule has 1 aliphatic carbocycles. The first-order valence-electron chi connectivity index (χ1n) is 11.5. The summed E-state index contributed by atoms with van der Waals surface area (Å²) in [6, 6.07) is 24.1. The van der Waals surface area contributed by atoms with E-state index in [4.69, 9.17) is 15.1 Å². The van der Waals surface area contributed by atoms with E-state index in [2.05, 4.69) is 34.2 Å². The predicted octanol–water partition coefficient (Wildman–Crippen LogP) is 5.27. The van der Waals surface area contributed by atoms with E-state index in [1.165, 1.54) is 0 Å². The van der Waals surface area contributed by atoms with Crippen LogP contribution >= 0.6 is 0 Å². The van der Waals surface area contributed by atoms with Crippen molar-refractivity contribution in [1.82, 2.24) is 4.90 Å². The summed E-state index contributed by atoms with van der Waals surface area (Å²) in [5.74, 6) is -0.138. The van der Waals surface area contributed by atoms with E-state index in [0.29, 0.717) is 16.9 Å². The van der Waals surface area contributed by atoms with Crippen LogP contribution in [0, 0.1) is 0 Å². The predicted molar refractivity (Wildman–Crippen MR) is 135 cm³/mol. The number of benzene rings is 3. The first kappa shape index (κ1) is 20.7. The Morgan fingerprint density at radius 1 is 1.06 bits per heavy atom. The van der Waals surface area contributed by atoms with Gasteiger partial charge in [0.2, 0.25) is 0 Å². The number of hydrogen-bond acceptors (Lipinski definition) is 6. The molecule has 6 heteroatoms. The number of fused-ring (bicyclic) bond motifs is 1. The molecule has 0 saturated heterocycles. The summed E-state index contributed by atoms with van der Waals surface area (Å²) in [5.41, 5.74) is 12.0. The van der Waals surface area contributed by atoms with Gasteiger partial charge in [-0.1, -0.05) is 54.6 Å². The van der Waals surface area contributed by atoms with E-state index in [-0.39, 0.29) is 17.5 Å². The lowest BCUT2D eigenvalue weighted by Crippen LogP contribution is -2.18. The second-order valence-corrected chi connectivity index (χ2v) is 9.28. The Labute approximate surface area is 198 Å². The van der Waals surface area contributed by atoms with Gasteiger partial charge in [-0.3, -0.25) is 4.99 Å². The number of nitrogens with two attached hydrogens (primary N) is 1. The molecule has 1 saturated carbocycles. The minimum Gasteiger partial charge on any atom is -0.480 e. The maximum absolute atomic E-state index is 10.8. The van der Waals surface area contributed by atoms with Gasteiger partial charge in [0.15, 0.2) is 0 Å². The van der Waals surface area contributed by atoms with Gasteiger partial charge in [0.05, 0.1) is 29.3 Å². The van der Waals surface area contributed by atoms with Crippen LogP contribution in [0.5, 0.6) is 5.95 Å².